The molecule has 3 amide bonds. The Bertz CT molecular complexity index is 1060. The Labute approximate surface area is 241 Å². The molecule has 2 N–H and O–H groups in total. The van der Waals surface area contributed by atoms with Gasteiger partial charge in [0.25, 0.3) is 0 Å². The Morgan fingerprint density at radius 2 is 1.50 bits per heavy atom. The van der Waals surface area contributed by atoms with Crippen molar-refractivity contribution in [3.8, 4) is 0 Å². The third-order valence-electron chi connectivity index (χ3n) is 6.44. The smallest absolute Gasteiger partial charge is 0.408 e. The van der Waals surface area contributed by atoms with E-state index in [1.54, 1.807) is 25.7 Å². The Morgan fingerprint density at radius 3 is 2.08 bits per heavy atom. The largest absolute Gasteiger partial charge is 0.444 e. The Morgan fingerprint density at radius 1 is 0.875 bits per heavy atom. The molecule has 0 bridgehead atoms. The average Bonchev–Trinajstić information content (AvgIpc) is 2.87. The molecule has 2 atom stereocenters. The van der Waals surface area contributed by atoms with Gasteiger partial charge in [-0.05, 0) is 59.1 Å². The number of nitrogens with zero attached hydrogens (tertiary/aromatic N) is 1. The summed E-state index contributed by atoms with van der Waals surface area (Å²) in [6, 6.07) is 15.5. The maximum Gasteiger partial charge on any atom is 0.408 e. The van der Waals surface area contributed by atoms with Crippen molar-refractivity contribution in [3.05, 3.63) is 71.3 Å². The lowest BCUT2D eigenvalue weighted by Gasteiger charge is -2.35. The molecule has 0 aliphatic carbocycles. The van der Waals surface area contributed by atoms with Crippen LogP contribution in [0.2, 0.25) is 0 Å². The molecule has 0 radical (unpaired) electrons. The summed E-state index contributed by atoms with van der Waals surface area (Å²) in [5, 5.41) is 5.84. The highest BCUT2D eigenvalue weighted by Crippen LogP contribution is 2.25. The summed E-state index contributed by atoms with van der Waals surface area (Å²) >= 11 is 0. The van der Waals surface area contributed by atoms with E-state index in [1.165, 1.54) is 0 Å². The van der Waals surface area contributed by atoms with Crippen LogP contribution in [-0.4, -0.2) is 47.0 Å². The zero-order valence-corrected chi connectivity index (χ0v) is 25.5. The first kappa shape index (κ1) is 32.9. The molecule has 2 aromatic carbocycles. The molecule has 0 aromatic heterocycles. The van der Waals surface area contributed by atoms with Crippen LogP contribution in [0.1, 0.15) is 96.4 Å². The lowest BCUT2D eigenvalue weighted by atomic mass is 9.98. The standard InChI is InChI=1S/C33H49N3O4/c1-8-9-10-11-15-22-36(29(30(37)34-24(2)3)27-20-18-25(4)19-21-27)31(38)28(23-26-16-13-12-14-17-26)35-32(39)40-33(5,6)7/h12-14,16-21,24,28-29H,8-11,15,22-23H2,1-7H3,(H,34,37)(H,35,39). The number of ether oxygens (including phenoxy) is 1. The molecule has 7 heteroatoms. The SMILES string of the molecule is CCCCCCCN(C(=O)C(Cc1ccccc1)NC(=O)OC(C)(C)C)C(C(=O)NC(C)C)c1ccc(C)cc1. The molecule has 0 saturated heterocycles. The van der Waals surface area contributed by atoms with Crippen molar-refractivity contribution in [3.63, 3.8) is 0 Å². The van der Waals surface area contributed by atoms with Gasteiger partial charge in [0.1, 0.15) is 17.7 Å². The van der Waals surface area contributed by atoms with Crippen LogP contribution >= 0.6 is 0 Å². The quantitative estimate of drug-likeness (QED) is 0.263. The van der Waals surface area contributed by atoms with Gasteiger partial charge in [-0.3, -0.25) is 9.59 Å². The van der Waals surface area contributed by atoms with Gasteiger partial charge in [-0.2, -0.15) is 0 Å². The second kappa shape index (κ2) is 16.0. The first-order valence-corrected chi connectivity index (χ1v) is 14.6. The van der Waals surface area contributed by atoms with Gasteiger partial charge in [0, 0.05) is 19.0 Å². The predicted octanol–water partition coefficient (Wildman–Crippen LogP) is 6.50. The number of rotatable bonds is 14. The Hall–Kier alpha value is -3.35. The Balaban J connectivity index is 2.51. The third kappa shape index (κ3) is 11.4. The van der Waals surface area contributed by atoms with Gasteiger partial charge in [-0.1, -0.05) is 92.8 Å². The molecule has 0 heterocycles. The number of alkyl carbamates (subject to hydrolysis) is 1. The average molecular weight is 552 g/mol. The van der Waals surface area contributed by atoms with E-state index in [1.807, 2.05) is 75.4 Å². The highest BCUT2D eigenvalue weighted by atomic mass is 16.6. The van der Waals surface area contributed by atoms with Crippen LogP contribution < -0.4 is 10.6 Å². The number of nitrogens with one attached hydrogen (secondary N) is 2. The summed E-state index contributed by atoms with van der Waals surface area (Å²) in [4.78, 5) is 42.7. The van der Waals surface area contributed by atoms with E-state index in [2.05, 4.69) is 17.6 Å². The molecule has 0 fully saturated rings. The van der Waals surface area contributed by atoms with Gasteiger partial charge in [0.15, 0.2) is 0 Å². The van der Waals surface area contributed by atoms with Crippen molar-refractivity contribution in [2.24, 2.45) is 0 Å². The summed E-state index contributed by atoms with van der Waals surface area (Å²) in [5.41, 5.74) is 1.99. The summed E-state index contributed by atoms with van der Waals surface area (Å²) in [6.45, 7) is 13.7. The van der Waals surface area contributed by atoms with Gasteiger partial charge in [0.2, 0.25) is 11.8 Å². The molecule has 0 aliphatic heterocycles. The molecular weight excluding hydrogens is 502 g/mol. The summed E-state index contributed by atoms with van der Waals surface area (Å²) < 4.78 is 5.52. The van der Waals surface area contributed by atoms with Crippen LogP contribution in [0.15, 0.2) is 54.6 Å². The number of amides is 3. The fourth-order valence-corrected chi connectivity index (χ4v) is 4.54. The topological polar surface area (TPSA) is 87.7 Å². The third-order valence-corrected chi connectivity index (χ3v) is 6.44. The number of benzene rings is 2. The van der Waals surface area contributed by atoms with Gasteiger partial charge >= 0.3 is 6.09 Å². The first-order chi connectivity index (χ1) is 18.9. The number of aryl methyl sites for hydroxylation is 1. The van der Waals surface area contributed by atoms with Crippen molar-refractivity contribution in [2.45, 2.75) is 111 Å². The lowest BCUT2D eigenvalue weighted by Crippen LogP contribution is -2.54. The highest BCUT2D eigenvalue weighted by molar-refractivity contribution is 5.92. The van der Waals surface area contributed by atoms with Crippen molar-refractivity contribution in [1.82, 2.24) is 15.5 Å². The van der Waals surface area contributed by atoms with E-state index in [0.717, 1.165) is 48.8 Å². The molecule has 2 rings (SSSR count). The molecule has 0 spiro atoms. The normalized spacial score (nSPS) is 12.9. The van der Waals surface area contributed by atoms with E-state index in [-0.39, 0.29) is 24.3 Å². The van der Waals surface area contributed by atoms with Crippen LogP contribution in [0.25, 0.3) is 0 Å². The van der Waals surface area contributed by atoms with Crippen molar-refractivity contribution in [2.75, 3.05) is 6.54 Å². The lowest BCUT2D eigenvalue weighted by molar-refractivity contribution is -0.142. The van der Waals surface area contributed by atoms with Gasteiger partial charge in [-0.25, -0.2) is 4.79 Å². The number of carbonyl (C=O) groups excluding carboxylic acids is 3. The minimum atomic E-state index is -0.910. The summed E-state index contributed by atoms with van der Waals surface area (Å²) in [5.74, 6) is -0.550. The monoisotopic (exact) mass is 551 g/mol. The predicted molar refractivity (Wildman–Crippen MR) is 161 cm³/mol. The minimum Gasteiger partial charge on any atom is -0.444 e. The fourth-order valence-electron chi connectivity index (χ4n) is 4.54. The molecule has 7 nitrogen and oxygen atoms in total. The van der Waals surface area contributed by atoms with E-state index in [4.69, 9.17) is 4.74 Å². The molecule has 2 unspecified atom stereocenters. The zero-order chi connectivity index (χ0) is 29.7. The van der Waals surface area contributed by atoms with Crippen molar-refractivity contribution >= 4 is 17.9 Å². The number of hydrogen-bond acceptors (Lipinski definition) is 4. The Kier molecular flexibility index (Phi) is 13.2. The van der Waals surface area contributed by atoms with Gasteiger partial charge in [0.05, 0.1) is 0 Å². The van der Waals surface area contributed by atoms with E-state index in [9.17, 15) is 14.4 Å². The van der Waals surface area contributed by atoms with E-state index < -0.39 is 23.8 Å². The number of unbranched alkanes of at least 4 members (excludes halogenated alkanes) is 4. The molecule has 220 valence electrons. The van der Waals surface area contributed by atoms with Gasteiger partial charge < -0.3 is 20.3 Å². The summed E-state index contributed by atoms with van der Waals surface area (Å²) in [7, 11) is 0. The van der Waals surface area contributed by atoms with E-state index in [0.29, 0.717) is 6.54 Å². The van der Waals surface area contributed by atoms with E-state index >= 15 is 0 Å². The second-order valence-electron chi connectivity index (χ2n) is 11.8. The second-order valence-corrected chi connectivity index (χ2v) is 11.8. The molecule has 2 aromatic rings. The fraction of sp³-hybridized carbons (Fsp3) is 0.545. The summed E-state index contributed by atoms with van der Waals surface area (Å²) in [6.07, 6.45) is 4.63. The number of hydrogen-bond donors (Lipinski definition) is 2. The maximum atomic E-state index is 14.4. The van der Waals surface area contributed by atoms with Gasteiger partial charge in [-0.15, -0.1) is 0 Å². The zero-order valence-electron chi connectivity index (χ0n) is 25.5. The maximum absolute atomic E-state index is 14.4. The minimum absolute atomic E-state index is 0.0954. The van der Waals surface area contributed by atoms with Crippen molar-refractivity contribution in [1.29, 1.82) is 0 Å². The molecule has 0 saturated carbocycles. The van der Waals surface area contributed by atoms with Crippen molar-refractivity contribution < 1.29 is 19.1 Å². The first-order valence-electron chi connectivity index (χ1n) is 14.6. The highest BCUT2D eigenvalue weighted by Gasteiger charge is 2.36. The molecular formula is C33H49N3O4. The molecule has 40 heavy (non-hydrogen) atoms. The van der Waals surface area contributed by atoms with Crippen LogP contribution in [0.3, 0.4) is 0 Å². The van der Waals surface area contributed by atoms with Crippen LogP contribution in [-0.2, 0) is 20.7 Å². The molecule has 0 aliphatic rings. The van der Waals surface area contributed by atoms with Crippen LogP contribution in [0.5, 0.6) is 0 Å². The van der Waals surface area contributed by atoms with Crippen LogP contribution in [0.4, 0.5) is 4.79 Å². The van der Waals surface area contributed by atoms with Crippen LogP contribution in [0, 0.1) is 6.92 Å². The number of carbonyl (C=O) groups is 3.